The summed E-state index contributed by atoms with van der Waals surface area (Å²) < 4.78 is 42.7. The van der Waals surface area contributed by atoms with E-state index in [9.17, 15) is 22.8 Å². The number of ether oxygens (including phenoxy) is 1. The molecule has 6 nitrogen and oxygen atoms in total. The Balaban J connectivity index is 1.64. The molecule has 2 N–H and O–H groups in total. The van der Waals surface area contributed by atoms with Crippen molar-refractivity contribution in [2.45, 2.75) is 19.2 Å². The highest BCUT2D eigenvalue weighted by Gasteiger charge is 2.30. The van der Waals surface area contributed by atoms with Gasteiger partial charge in [-0.1, -0.05) is 18.2 Å². The summed E-state index contributed by atoms with van der Waals surface area (Å²) in [6, 6.07) is 10.9. The number of carbonyl (C=O) groups excluding carboxylic acids is 2. The normalized spacial score (nSPS) is 12.6. The number of benzene rings is 2. The molecule has 9 heteroatoms. The smallest absolute Gasteiger partial charge is 0.416 e. The number of carbonyl (C=O) groups is 2. The van der Waals surface area contributed by atoms with Crippen LogP contribution in [0.3, 0.4) is 0 Å². The Morgan fingerprint density at radius 1 is 1.11 bits per heavy atom. The molecule has 1 aromatic heterocycles. The van der Waals surface area contributed by atoms with Crippen LogP contribution in [0.1, 0.15) is 23.0 Å². The molecule has 0 fully saturated rings. The average Bonchev–Trinajstić information content (AvgIpc) is 3.05. The van der Waals surface area contributed by atoms with E-state index < -0.39 is 29.7 Å². The average molecular weight is 377 g/mol. The van der Waals surface area contributed by atoms with Crippen LogP contribution in [0.15, 0.2) is 48.5 Å². The highest BCUT2D eigenvalue weighted by molar-refractivity contribution is 6.03. The largest absolute Gasteiger partial charge is 0.448 e. The number of hydrogen-bond acceptors (Lipinski definition) is 4. The third-order valence-corrected chi connectivity index (χ3v) is 3.80. The van der Waals surface area contributed by atoms with Gasteiger partial charge in [0.15, 0.2) is 11.8 Å². The van der Waals surface area contributed by atoms with E-state index in [0.717, 1.165) is 24.3 Å². The maximum atomic E-state index is 12.5. The molecule has 2 aromatic carbocycles. The van der Waals surface area contributed by atoms with E-state index in [4.69, 9.17) is 4.74 Å². The highest BCUT2D eigenvalue weighted by atomic mass is 19.4. The molecule has 27 heavy (non-hydrogen) atoms. The van der Waals surface area contributed by atoms with Crippen molar-refractivity contribution in [2.24, 2.45) is 0 Å². The molecule has 0 aliphatic heterocycles. The number of anilines is 1. The summed E-state index contributed by atoms with van der Waals surface area (Å²) in [6.45, 7) is 1.35. The minimum absolute atomic E-state index is 0.0415. The Hall–Kier alpha value is -3.36. The summed E-state index contributed by atoms with van der Waals surface area (Å²) in [4.78, 5) is 24.4. The second kappa shape index (κ2) is 7.10. The number of hydrogen-bond donors (Lipinski definition) is 2. The number of amides is 1. The van der Waals surface area contributed by atoms with Crippen LogP contribution >= 0.6 is 0 Å². The first-order valence-electron chi connectivity index (χ1n) is 7.88. The maximum absolute atomic E-state index is 12.5. The maximum Gasteiger partial charge on any atom is 0.416 e. The molecule has 0 radical (unpaired) electrons. The fourth-order valence-electron chi connectivity index (χ4n) is 2.38. The predicted octanol–water partition coefficient (Wildman–Crippen LogP) is 3.77. The molecule has 0 bridgehead atoms. The van der Waals surface area contributed by atoms with Crippen LogP contribution in [0.4, 0.5) is 18.9 Å². The van der Waals surface area contributed by atoms with Crippen LogP contribution in [0.2, 0.25) is 0 Å². The van der Waals surface area contributed by atoms with Crippen molar-refractivity contribution in [3.8, 4) is 0 Å². The van der Waals surface area contributed by atoms with Gasteiger partial charge in [-0.3, -0.25) is 9.89 Å². The lowest BCUT2D eigenvalue weighted by Gasteiger charge is -2.13. The Labute approximate surface area is 151 Å². The number of fused-ring (bicyclic) bond motifs is 1. The van der Waals surface area contributed by atoms with Gasteiger partial charge in [0, 0.05) is 11.1 Å². The van der Waals surface area contributed by atoms with Gasteiger partial charge in [0.25, 0.3) is 5.91 Å². The van der Waals surface area contributed by atoms with Crippen molar-refractivity contribution in [2.75, 3.05) is 5.32 Å². The van der Waals surface area contributed by atoms with E-state index in [1.54, 1.807) is 24.3 Å². The predicted molar refractivity (Wildman–Crippen MR) is 91.0 cm³/mol. The summed E-state index contributed by atoms with van der Waals surface area (Å²) in [5, 5.41) is 9.52. The van der Waals surface area contributed by atoms with E-state index in [1.165, 1.54) is 6.92 Å². The van der Waals surface area contributed by atoms with E-state index in [0.29, 0.717) is 10.9 Å². The number of nitrogens with zero attached hydrogens (tertiary/aromatic N) is 1. The monoisotopic (exact) mass is 377 g/mol. The number of alkyl halides is 3. The quantitative estimate of drug-likeness (QED) is 0.678. The first-order chi connectivity index (χ1) is 12.8. The number of H-pyrrole nitrogens is 1. The van der Waals surface area contributed by atoms with Gasteiger partial charge >= 0.3 is 12.1 Å². The molecule has 140 valence electrons. The summed E-state index contributed by atoms with van der Waals surface area (Å²) in [6.07, 6.45) is -5.63. The fraction of sp³-hybridized carbons (Fsp3) is 0.167. The molecule has 1 atom stereocenters. The number of rotatable bonds is 4. The van der Waals surface area contributed by atoms with Gasteiger partial charge in [-0.25, -0.2) is 4.79 Å². The number of para-hydroxylation sites is 1. The van der Waals surface area contributed by atoms with Crippen LogP contribution in [-0.2, 0) is 15.7 Å². The van der Waals surface area contributed by atoms with Crippen molar-refractivity contribution in [1.29, 1.82) is 0 Å². The van der Waals surface area contributed by atoms with Gasteiger partial charge in [0.2, 0.25) is 0 Å². The van der Waals surface area contributed by atoms with E-state index in [-0.39, 0.29) is 11.4 Å². The summed E-state index contributed by atoms with van der Waals surface area (Å²) >= 11 is 0. The molecule has 0 saturated carbocycles. The lowest BCUT2D eigenvalue weighted by molar-refractivity contribution is -0.137. The van der Waals surface area contributed by atoms with Crippen molar-refractivity contribution < 1.29 is 27.5 Å². The van der Waals surface area contributed by atoms with Gasteiger partial charge in [-0.15, -0.1) is 0 Å². The summed E-state index contributed by atoms with van der Waals surface area (Å²) in [5.41, 5.74) is 0.0117. The van der Waals surface area contributed by atoms with Crippen LogP contribution < -0.4 is 5.32 Å². The Morgan fingerprint density at radius 3 is 2.44 bits per heavy atom. The molecule has 3 aromatic rings. The Morgan fingerprint density at radius 2 is 1.78 bits per heavy atom. The zero-order chi connectivity index (χ0) is 19.6. The zero-order valence-electron chi connectivity index (χ0n) is 14.0. The topological polar surface area (TPSA) is 84.1 Å². The number of halogens is 3. The summed E-state index contributed by atoms with van der Waals surface area (Å²) in [5.74, 6) is -1.47. The number of esters is 1. The van der Waals surface area contributed by atoms with Gasteiger partial charge in [0.1, 0.15) is 0 Å². The fourth-order valence-corrected chi connectivity index (χ4v) is 2.38. The second-order valence-corrected chi connectivity index (χ2v) is 5.73. The van der Waals surface area contributed by atoms with Gasteiger partial charge < -0.3 is 10.1 Å². The third kappa shape index (κ3) is 4.08. The second-order valence-electron chi connectivity index (χ2n) is 5.73. The lowest BCUT2D eigenvalue weighted by atomic mass is 10.2. The number of aromatic nitrogens is 2. The number of nitrogens with one attached hydrogen (secondary N) is 2. The van der Waals surface area contributed by atoms with Gasteiger partial charge in [0.05, 0.1) is 11.1 Å². The molecule has 0 saturated heterocycles. The molecule has 0 spiro atoms. The third-order valence-electron chi connectivity index (χ3n) is 3.80. The molecule has 1 heterocycles. The summed E-state index contributed by atoms with van der Waals surface area (Å²) in [7, 11) is 0. The van der Waals surface area contributed by atoms with Crippen LogP contribution in [0, 0.1) is 0 Å². The molecule has 1 unspecified atom stereocenters. The molecular formula is C18H14F3N3O3. The van der Waals surface area contributed by atoms with E-state index in [1.807, 2.05) is 0 Å². The zero-order valence-corrected chi connectivity index (χ0v) is 14.0. The van der Waals surface area contributed by atoms with E-state index >= 15 is 0 Å². The van der Waals surface area contributed by atoms with Crippen LogP contribution in [0.25, 0.3) is 10.9 Å². The first kappa shape index (κ1) is 18.4. The number of aromatic amines is 1. The Bertz CT molecular complexity index is 981. The molecule has 0 aliphatic rings. The highest BCUT2D eigenvalue weighted by Crippen LogP contribution is 2.29. The molecule has 1 amide bonds. The SMILES string of the molecule is CC(OC(=O)c1n[nH]c2ccccc12)C(=O)Nc1ccc(C(F)(F)F)cc1. The van der Waals surface area contributed by atoms with Crippen molar-refractivity contribution in [3.63, 3.8) is 0 Å². The van der Waals surface area contributed by atoms with Crippen LogP contribution in [-0.4, -0.2) is 28.2 Å². The van der Waals surface area contributed by atoms with E-state index in [2.05, 4.69) is 15.5 Å². The molecule has 3 rings (SSSR count). The van der Waals surface area contributed by atoms with Crippen molar-refractivity contribution in [3.05, 3.63) is 59.8 Å². The first-order valence-corrected chi connectivity index (χ1v) is 7.88. The molecular weight excluding hydrogens is 363 g/mol. The Kier molecular flexibility index (Phi) is 4.85. The molecule has 0 aliphatic carbocycles. The minimum Gasteiger partial charge on any atom is -0.448 e. The standard InChI is InChI=1S/C18H14F3N3O3/c1-10(16(25)22-12-8-6-11(7-9-12)18(19,20)21)27-17(26)15-13-4-2-3-5-14(13)23-24-15/h2-10H,1H3,(H,22,25)(H,23,24). The van der Waals surface area contributed by atoms with Crippen molar-refractivity contribution in [1.82, 2.24) is 10.2 Å². The minimum atomic E-state index is -4.46. The van der Waals surface area contributed by atoms with Crippen molar-refractivity contribution >= 4 is 28.5 Å². The van der Waals surface area contributed by atoms with Gasteiger partial charge in [-0.05, 0) is 37.3 Å². The van der Waals surface area contributed by atoms with Crippen LogP contribution in [0.5, 0.6) is 0 Å². The lowest BCUT2D eigenvalue weighted by Crippen LogP contribution is -2.30. The van der Waals surface area contributed by atoms with Gasteiger partial charge in [-0.2, -0.15) is 18.3 Å².